The predicted octanol–water partition coefficient (Wildman–Crippen LogP) is -0.848. The van der Waals surface area contributed by atoms with Crippen LogP contribution in [0.5, 0.6) is 5.75 Å². The van der Waals surface area contributed by atoms with Gasteiger partial charge in [0.2, 0.25) is 5.91 Å². The van der Waals surface area contributed by atoms with E-state index in [2.05, 4.69) is 0 Å². The van der Waals surface area contributed by atoms with E-state index < -0.39 is 17.9 Å². The standard InChI is InChI=1S/C19H24N2O5/c1-2-11-26-15-5-3-14(4-6-15)21-17(22)12-16(18(21)23)20-9-7-13(8-10-20)19(24)25/h3-6,13,16H,2,7-12H2,1H3,(H,24,25)/t16-/m0/s1. The molecule has 0 saturated carbocycles. The van der Waals surface area contributed by atoms with Crippen LogP contribution < -0.4 is 19.6 Å². The quantitative estimate of drug-likeness (QED) is 0.668. The van der Waals surface area contributed by atoms with E-state index in [-0.39, 0.29) is 18.2 Å². The summed E-state index contributed by atoms with van der Waals surface area (Å²) in [5.74, 6) is -1.18. The second kappa shape index (κ2) is 7.86. The SMILES string of the molecule is CCCOc1ccc(N2C(=O)C[C@H]([NH+]3CCC(C(=O)[O-])CC3)C2=O)cc1. The molecule has 2 saturated heterocycles. The van der Waals surface area contributed by atoms with Crippen LogP contribution in [0, 0.1) is 5.92 Å². The zero-order valence-electron chi connectivity index (χ0n) is 14.9. The average Bonchev–Trinajstić information content (AvgIpc) is 2.95. The van der Waals surface area contributed by atoms with Gasteiger partial charge in [0, 0.05) is 24.7 Å². The lowest BCUT2D eigenvalue weighted by atomic mass is 9.96. The second-order valence-corrected chi connectivity index (χ2v) is 6.92. The molecule has 1 aromatic carbocycles. The fraction of sp³-hybridized carbons (Fsp3) is 0.526. The molecule has 3 rings (SSSR count). The number of ether oxygens (including phenoxy) is 1. The van der Waals surface area contributed by atoms with Crippen LogP contribution in [0.3, 0.4) is 0 Å². The minimum absolute atomic E-state index is 0.165. The van der Waals surface area contributed by atoms with Crippen LogP contribution >= 0.6 is 0 Å². The number of carbonyl (C=O) groups is 3. The molecule has 1 N–H and O–H groups in total. The normalized spacial score (nSPS) is 26.2. The molecule has 0 bridgehead atoms. The lowest BCUT2D eigenvalue weighted by Crippen LogP contribution is -3.17. The Labute approximate surface area is 152 Å². The Morgan fingerprint density at radius 3 is 2.46 bits per heavy atom. The summed E-state index contributed by atoms with van der Waals surface area (Å²) in [6, 6.07) is 6.54. The number of likely N-dealkylation sites (tertiary alicyclic amines) is 1. The van der Waals surface area contributed by atoms with E-state index >= 15 is 0 Å². The van der Waals surface area contributed by atoms with Crippen LogP contribution in [0.1, 0.15) is 32.6 Å². The first-order chi connectivity index (χ1) is 12.5. The van der Waals surface area contributed by atoms with Gasteiger partial charge in [-0.3, -0.25) is 9.59 Å². The lowest BCUT2D eigenvalue weighted by Gasteiger charge is -2.32. The maximum atomic E-state index is 12.8. The predicted molar refractivity (Wildman–Crippen MR) is 91.6 cm³/mol. The number of nitrogens with zero attached hydrogens (tertiary/aromatic N) is 1. The maximum absolute atomic E-state index is 12.8. The lowest BCUT2D eigenvalue weighted by molar-refractivity contribution is -0.920. The fourth-order valence-corrected chi connectivity index (χ4v) is 3.71. The van der Waals surface area contributed by atoms with Gasteiger partial charge in [-0.25, -0.2) is 4.90 Å². The van der Waals surface area contributed by atoms with E-state index in [9.17, 15) is 19.5 Å². The Balaban J connectivity index is 1.66. The highest BCUT2D eigenvalue weighted by molar-refractivity contribution is 6.21. The van der Waals surface area contributed by atoms with Crippen molar-refractivity contribution in [1.82, 2.24) is 0 Å². The van der Waals surface area contributed by atoms with Gasteiger partial charge in [0.25, 0.3) is 5.91 Å². The van der Waals surface area contributed by atoms with Gasteiger partial charge in [0.05, 0.1) is 31.8 Å². The number of quaternary nitrogens is 1. The molecule has 2 aliphatic heterocycles. The van der Waals surface area contributed by atoms with Crippen molar-refractivity contribution in [3.05, 3.63) is 24.3 Å². The number of hydrogen-bond acceptors (Lipinski definition) is 5. The number of piperidine rings is 1. The molecule has 2 amide bonds. The van der Waals surface area contributed by atoms with E-state index in [1.165, 1.54) is 4.90 Å². The molecule has 26 heavy (non-hydrogen) atoms. The number of carboxylic acid groups (broad SMARTS) is 1. The number of imide groups is 1. The molecule has 0 aliphatic carbocycles. The second-order valence-electron chi connectivity index (χ2n) is 6.92. The van der Waals surface area contributed by atoms with Crippen molar-refractivity contribution in [2.45, 2.75) is 38.6 Å². The summed E-state index contributed by atoms with van der Waals surface area (Å²) < 4.78 is 5.53. The van der Waals surface area contributed by atoms with Gasteiger partial charge in [0.1, 0.15) is 5.75 Å². The number of amides is 2. The molecule has 0 radical (unpaired) electrons. The van der Waals surface area contributed by atoms with Gasteiger partial charge < -0.3 is 19.5 Å². The highest BCUT2D eigenvalue weighted by Gasteiger charge is 2.46. The largest absolute Gasteiger partial charge is 0.550 e. The van der Waals surface area contributed by atoms with Crippen molar-refractivity contribution in [3.8, 4) is 5.75 Å². The molecule has 0 spiro atoms. The van der Waals surface area contributed by atoms with Crippen molar-refractivity contribution in [2.24, 2.45) is 5.92 Å². The van der Waals surface area contributed by atoms with E-state index in [1.807, 2.05) is 6.92 Å². The van der Waals surface area contributed by atoms with Crippen molar-refractivity contribution in [2.75, 3.05) is 24.6 Å². The van der Waals surface area contributed by atoms with Crippen LogP contribution in [0.4, 0.5) is 5.69 Å². The minimum atomic E-state index is -1.02. The Bertz CT molecular complexity index is 680. The van der Waals surface area contributed by atoms with Crippen LogP contribution in [0.15, 0.2) is 24.3 Å². The van der Waals surface area contributed by atoms with Crippen molar-refractivity contribution >= 4 is 23.5 Å². The number of anilines is 1. The maximum Gasteiger partial charge on any atom is 0.292 e. The van der Waals surface area contributed by atoms with Crippen LogP contribution in [0.2, 0.25) is 0 Å². The first-order valence-corrected chi connectivity index (χ1v) is 9.16. The zero-order chi connectivity index (χ0) is 18.7. The summed E-state index contributed by atoms with van der Waals surface area (Å²) in [5, 5.41) is 11.0. The first-order valence-electron chi connectivity index (χ1n) is 9.16. The summed E-state index contributed by atoms with van der Waals surface area (Å²) in [6.45, 7) is 3.78. The Morgan fingerprint density at radius 1 is 1.23 bits per heavy atom. The van der Waals surface area contributed by atoms with E-state index in [4.69, 9.17) is 4.74 Å². The van der Waals surface area contributed by atoms with Gasteiger partial charge in [0.15, 0.2) is 6.04 Å². The minimum Gasteiger partial charge on any atom is -0.550 e. The molecule has 2 fully saturated rings. The third-order valence-electron chi connectivity index (χ3n) is 5.17. The molecule has 140 valence electrons. The highest BCUT2D eigenvalue weighted by Crippen LogP contribution is 2.25. The fourth-order valence-electron chi connectivity index (χ4n) is 3.71. The smallest absolute Gasteiger partial charge is 0.292 e. The van der Waals surface area contributed by atoms with Gasteiger partial charge in [-0.1, -0.05) is 6.92 Å². The third-order valence-corrected chi connectivity index (χ3v) is 5.17. The van der Waals surface area contributed by atoms with Crippen molar-refractivity contribution < 1.29 is 29.1 Å². The van der Waals surface area contributed by atoms with Crippen LogP contribution in [-0.4, -0.2) is 43.5 Å². The van der Waals surface area contributed by atoms with Gasteiger partial charge in [-0.05, 0) is 30.7 Å². The average molecular weight is 360 g/mol. The Kier molecular flexibility index (Phi) is 5.56. The molecule has 2 heterocycles. The third kappa shape index (κ3) is 3.72. The van der Waals surface area contributed by atoms with E-state index in [0.29, 0.717) is 44.0 Å². The number of nitrogens with one attached hydrogen (secondary N) is 1. The molecule has 1 atom stereocenters. The molecule has 1 aromatic rings. The molecule has 7 heteroatoms. The Hall–Kier alpha value is -2.41. The summed E-state index contributed by atoms with van der Waals surface area (Å²) in [6.07, 6.45) is 2.04. The van der Waals surface area contributed by atoms with Gasteiger partial charge in [-0.15, -0.1) is 0 Å². The monoisotopic (exact) mass is 360 g/mol. The molecular weight excluding hydrogens is 336 g/mol. The molecule has 2 aliphatic rings. The van der Waals surface area contributed by atoms with E-state index in [1.54, 1.807) is 24.3 Å². The van der Waals surface area contributed by atoms with Crippen molar-refractivity contribution in [3.63, 3.8) is 0 Å². The highest BCUT2D eigenvalue weighted by atomic mass is 16.5. The number of hydrogen-bond donors (Lipinski definition) is 1. The molecule has 7 nitrogen and oxygen atoms in total. The Morgan fingerprint density at radius 2 is 1.88 bits per heavy atom. The summed E-state index contributed by atoms with van der Waals surface area (Å²) >= 11 is 0. The summed E-state index contributed by atoms with van der Waals surface area (Å²) in [5.41, 5.74) is 0.551. The van der Waals surface area contributed by atoms with Crippen LogP contribution in [0.25, 0.3) is 0 Å². The molecule has 0 unspecified atom stereocenters. The molecular formula is C19H24N2O5. The number of carboxylic acids is 1. The van der Waals surface area contributed by atoms with Crippen molar-refractivity contribution in [1.29, 1.82) is 0 Å². The zero-order valence-corrected chi connectivity index (χ0v) is 14.9. The number of carbonyl (C=O) groups excluding carboxylic acids is 3. The first kappa shape index (κ1) is 18.4. The topological polar surface area (TPSA) is 91.2 Å². The van der Waals surface area contributed by atoms with E-state index in [0.717, 1.165) is 11.3 Å². The molecule has 0 aromatic heterocycles. The number of aliphatic carboxylic acids is 1. The number of benzene rings is 1. The van der Waals surface area contributed by atoms with Crippen LogP contribution in [-0.2, 0) is 14.4 Å². The number of rotatable bonds is 6. The summed E-state index contributed by atoms with van der Waals surface area (Å²) in [4.78, 5) is 38.4. The summed E-state index contributed by atoms with van der Waals surface area (Å²) in [7, 11) is 0. The van der Waals surface area contributed by atoms with Gasteiger partial charge in [-0.2, -0.15) is 0 Å². The van der Waals surface area contributed by atoms with Gasteiger partial charge >= 0.3 is 0 Å².